The number of anilines is 2. The van der Waals surface area contributed by atoms with Crippen LogP contribution in [0.5, 0.6) is 5.75 Å². The van der Waals surface area contributed by atoms with E-state index >= 15 is 0 Å². The Morgan fingerprint density at radius 2 is 1.75 bits per heavy atom. The zero-order chi connectivity index (χ0) is 17.7. The fourth-order valence-electron chi connectivity index (χ4n) is 2.03. The summed E-state index contributed by atoms with van der Waals surface area (Å²) in [4.78, 5) is 35.9. The van der Waals surface area contributed by atoms with E-state index < -0.39 is 17.7 Å². The average molecular weight is 327 g/mol. The molecule has 24 heavy (non-hydrogen) atoms. The Kier molecular flexibility index (Phi) is 5.16. The first kappa shape index (κ1) is 17.0. The maximum Gasteiger partial charge on any atom is 0.316 e. The molecule has 0 atom stereocenters. The Labute approximate surface area is 138 Å². The predicted molar refractivity (Wildman–Crippen MR) is 89.7 cm³/mol. The van der Waals surface area contributed by atoms with Gasteiger partial charge in [-0.15, -0.1) is 0 Å². The number of hydrogen-bond donors (Lipinski definition) is 3. The van der Waals surface area contributed by atoms with E-state index in [0.29, 0.717) is 11.4 Å². The van der Waals surface area contributed by atoms with Crippen molar-refractivity contribution in [3.63, 3.8) is 0 Å². The van der Waals surface area contributed by atoms with Gasteiger partial charge in [-0.05, 0) is 36.8 Å². The van der Waals surface area contributed by atoms with Gasteiger partial charge < -0.3 is 15.8 Å². The SMILES string of the molecule is COc1ccc(C)cc1NC(=O)C(=O)NC(=O)c1ccccc1N. The lowest BCUT2D eigenvalue weighted by atomic mass is 10.1. The summed E-state index contributed by atoms with van der Waals surface area (Å²) in [5.41, 5.74) is 7.20. The quantitative estimate of drug-likeness (QED) is 0.584. The summed E-state index contributed by atoms with van der Waals surface area (Å²) in [6.07, 6.45) is 0. The highest BCUT2D eigenvalue weighted by atomic mass is 16.5. The summed E-state index contributed by atoms with van der Waals surface area (Å²) in [5, 5.41) is 4.41. The number of carbonyl (C=O) groups excluding carboxylic acids is 3. The van der Waals surface area contributed by atoms with Crippen molar-refractivity contribution in [3.8, 4) is 5.75 Å². The molecule has 0 radical (unpaired) electrons. The number of imide groups is 1. The van der Waals surface area contributed by atoms with Crippen molar-refractivity contribution in [2.75, 3.05) is 18.2 Å². The minimum atomic E-state index is -1.09. The summed E-state index contributed by atoms with van der Waals surface area (Å²) in [6, 6.07) is 11.4. The minimum absolute atomic E-state index is 0.117. The topological polar surface area (TPSA) is 111 Å². The smallest absolute Gasteiger partial charge is 0.316 e. The second kappa shape index (κ2) is 7.28. The molecule has 0 unspecified atom stereocenters. The highest BCUT2D eigenvalue weighted by molar-refractivity contribution is 6.42. The van der Waals surface area contributed by atoms with E-state index in [-0.39, 0.29) is 11.3 Å². The van der Waals surface area contributed by atoms with Crippen molar-refractivity contribution in [3.05, 3.63) is 53.6 Å². The molecule has 7 heteroatoms. The van der Waals surface area contributed by atoms with Gasteiger partial charge in [0.05, 0.1) is 18.4 Å². The lowest BCUT2D eigenvalue weighted by molar-refractivity contribution is -0.135. The molecule has 2 aromatic carbocycles. The molecule has 2 rings (SSSR count). The molecule has 0 bridgehead atoms. The Balaban J connectivity index is 2.08. The van der Waals surface area contributed by atoms with Crippen LogP contribution in [0, 0.1) is 6.92 Å². The van der Waals surface area contributed by atoms with Gasteiger partial charge in [-0.25, -0.2) is 0 Å². The molecule has 3 amide bonds. The third-order valence-electron chi connectivity index (χ3n) is 3.24. The molecule has 0 spiro atoms. The summed E-state index contributed by atoms with van der Waals surface area (Å²) in [5.74, 6) is -2.42. The van der Waals surface area contributed by atoms with Crippen LogP contribution in [0.3, 0.4) is 0 Å². The number of nitrogen functional groups attached to an aromatic ring is 1. The normalized spacial score (nSPS) is 9.92. The van der Waals surface area contributed by atoms with Crippen molar-refractivity contribution >= 4 is 29.1 Å². The van der Waals surface area contributed by atoms with Crippen molar-refractivity contribution in [2.24, 2.45) is 0 Å². The fourth-order valence-corrected chi connectivity index (χ4v) is 2.03. The minimum Gasteiger partial charge on any atom is -0.495 e. The summed E-state index contributed by atoms with van der Waals surface area (Å²) >= 11 is 0. The van der Waals surface area contributed by atoms with E-state index in [1.165, 1.54) is 19.2 Å². The van der Waals surface area contributed by atoms with Crippen LogP contribution in [0.4, 0.5) is 11.4 Å². The molecular weight excluding hydrogens is 310 g/mol. The number of benzene rings is 2. The monoisotopic (exact) mass is 327 g/mol. The van der Waals surface area contributed by atoms with Crippen LogP contribution < -0.4 is 21.1 Å². The Morgan fingerprint density at radius 3 is 2.42 bits per heavy atom. The van der Waals surface area contributed by atoms with E-state index in [2.05, 4.69) is 5.32 Å². The van der Waals surface area contributed by atoms with Gasteiger partial charge in [-0.2, -0.15) is 0 Å². The fraction of sp³-hybridized carbons (Fsp3) is 0.118. The van der Waals surface area contributed by atoms with Crippen molar-refractivity contribution in [1.29, 1.82) is 0 Å². The molecule has 4 N–H and O–H groups in total. The van der Waals surface area contributed by atoms with Crippen LogP contribution >= 0.6 is 0 Å². The maximum absolute atomic E-state index is 12.0. The van der Waals surface area contributed by atoms with Gasteiger partial charge in [-0.1, -0.05) is 18.2 Å². The first-order valence-electron chi connectivity index (χ1n) is 7.08. The molecule has 124 valence electrons. The van der Waals surface area contributed by atoms with Crippen LogP contribution in [-0.4, -0.2) is 24.8 Å². The number of para-hydroxylation sites is 1. The standard InChI is InChI=1S/C17H17N3O4/c1-10-7-8-14(24-2)13(9-10)19-16(22)17(23)20-15(21)11-5-3-4-6-12(11)18/h3-9H,18H2,1-2H3,(H,19,22)(H,20,21,23). The van der Waals surface area contributed by atoms with Crippen molar-refractivity contribution in [2.45, 2.75) is 6.92 Å². The van der Waals surface area contributed by atoms with Gasteiger partial charge in [0.15, 0.2) is 0 Å². The highest BCUT2D eigenvalue weighted by Gasteiger charge is 2.20. The lowest BCUT2D eigenvalue weighted by Crippen LogP contribution is -2.39. The Bertz CT molecular complexity index is 802. The second-order valence-electron chi connectivity index (χ2n) is 5.03. The zero-order valence-electron chi connectivity index (χ0n) is 13.3. The number of aryl methyl sites for hydroxylation is 1. The van der Waals surface area contributed by atoms with Gasteiger partial charge in [0.1, 0.15) is 5.75 Å². The van der Waals surface area contributed by atoms with E-state index in [9.17, 15) is 14.4 Å². The zero-order valence-corrected chi connectivity index (χ0v) is 13.3. The molecule has 0 aliphatic carbocycles. The molecule has 2 aromatic rings. The number of ether oxygens (including phenoxy) is 1. The van der Waals surface area contributed by atoms with E-state index in [4.69, 9.17) is 10.5 Å². The molecule has 0 saturated heterocycles. The van der Waals surface area contributed by atoms with Crippen molar-refractivity contribution in [1.82, 2.24) is 5.32 Å². The highest BCUT2D eigenvalue weighted by Crippen LogP contribution is 2.25. The van der Waals surface area contributed by atoms with E-state index in [1.807, 2.05) is 12.2 Å². The number of nitrogens with two attached hydrogens (primary N) is 1. The van der Waals surface area contributed by atoms with Crippen LogP contribution in [-0.2, 0) is 9.59 Å². The van der Waals surface area contributed by atoms with Crippen LogP contribution in [0.1, 0.15) is 15.9 Å². The molecule has 7 nitrogen and oxygen atoms in total. The second-order valence-corrected chi connectivity index (χ2v) is 5.03. The third-order valence-corrected chi connectivity index (χ3v) is 3.24. The molecule has 0 aromatic heterocycles. The van der Waals surface area contributed by atoms with Crippen LogP contribution in [0.25, 0.3) is 0 Å². The number of amides is 3. The van der Waals surface area contributed by atoms with Crippen molar-refractivity contribution < 1.29 is 19.1 Å². The van der Waals surface area contributed by atoms with Gasteiger partial charge in [0.25, 0.3) is 5.91 Å². The molecular formula is C17H17N3O4. The van der Waals surface area contributed by atoms with E-state index in [1.54, 1.807) is 30.3 Å². The Morgan fingerprint density at radius 1 is 1.04 bits per heavy atom. The molecule has 0 fully saturated rings. The molecule has 0 heterocycles. The largest absolute Gasteiger partial charge is 0.495 e. The maximum atomic E-state index is 12.0. The van der Waals surface area contributed by atoms with Gasteiger partial charge in [0, 0.05) is 5.69 Å². The number of hydrogen-bond acceptors (Lipinski definition) is 5. The van der Waals surface area contributed by atoms with Gasteiger partial charge >= 0.3 is 11.8 Å². The summed E-state index contributed by atoms with van der Waals surface area (Å²) < 4.78 is 5.12. The number of rotatable bonds is 3. The first-order valence-corrected chi connectivity index (χ1v) is 7.08. The molecule has 0 saturated carbocycles. The summed E-state index contributed by atoms with van der Waals surface area (Å²) in [7, 11) is 1.45. The third kappa shape index (κ3) is 3.89. The average Bonchev–Trinajstić information content (AvgIpc) is 2.55. The Hall–Kier alpha value is -3.35. The lowest BCUT2D eigenvalue weighted by Gasteiger charge is -2.11. The number of methoxy groups -OCH3 is 1. The van der Waals surface area contributed by atoms with Crippen LogP contribution in [0.2, 0.25) is 0 Å². The van der Waals surface area contributed by atoms with Crippen LogP contribution in [0.15, 0.2) is 42.5 Å². The van der Waals surface area contributed by atoms with E-state index in [0.717, 1.165) is 5.56 Å². The van der Waals surface area contributed by atoms with Gasteiger partial charge in [0.2, 0.25) is 0 Å². The molecule has 0 aliphatic rings. The number of carbonyl (C=O) groups is 3. The molecule has 0 aliphatic heterocycles. The number of nitrogens with one attached hydrogen (secondary N) is 2. The first-order chi connectivity index (χ1) is 11.4. The predicted octanol–water partition coefficient (Wildman–Crippen LogP) is 1.48. The summed E-state index contributed by atoms with van der Waals surface area (Å²) in [6.45, 7) is 1.83. The van der Waals surface area contributed by atoms with Gasteiger partial charge in [-0.3, -0.25) is 19.7 Å².